The van der Waals surface area contributed by atoms with Crippen LogP contribution in [-0.2, 0) is 4.79 Å². The highest BCUT2D eigenvalue weighted by Crippen LogP contribution is 2.26. The molecule has 0 aromatic heterocycles. The maximum atomic E-state index is 12.3. The predicted octanol–water partition coefficient (Wildman–Crippen LogP) is 2.06. The smallest absolute Gasteiger partial charge is 0.309 e. The van der Waals surface area contributed by atoms with E-state index in [9.17, 15) is 14.7 Å². The molecule has 0 radical (unpaired) electrons. The molecule has 1 aromatic carbocycles. The molecule has 1 aromatic rings. The number of Topliss-reactive ketones (excluding diaryl/α,β-unsaturated/α-hetero) is 1. The summed E-state index contributed by atoms with van der Waals surface area (Å²) in [6.45, 7) is -0.433. The van der Waals surface area contributed by atoms with Gasteiger partial charge in [-0.05, 0) is 12.3 Å². The van der Waals surface area contributed by atoms with E-state index < -0.39 is 18.5 Å². The molecule has 2 unspecified atom stereocenters. The van der Waals surface area contributed by atoms with Crippen LogP contribution in [0.25, 0.3) is 0 Å². The second-order valence-corrected chi connectivity index (χ2v) is 4.75. The summed E-state index contributed by atoms with van der Waals surface area (Å²) in [5.41, 5.74) is 1.05. The van der Waals surface area contributed by atoms with E-state index in [1.54, 1.807) is 42.5 Å². The van der Waals surface area contributed by atoms with Crippen molar-refractivity contribution in [3.63, 3.8) is 0 Å². The lowest BCUT2D eigenvalue weighted by Gasteiger charge is -2.21. The number of aliphatic hydroxyl groups is 1. The summed E-state index contributed by atoms with van der Waals surface area (Å²) in [7, 11) is 0. The van der Waals surface area contributed by atoms with Gasteiger partial charge in [0.25, 0.3) is 0 Å². The molecule has 0 saturated heterocycles. The first-order chi connectivity index (χ1) is 9.63. The minimum absolute atomic E-state index is 0.131. The van der Waals surface area contributed by atoms with Gasteiger partial charge in [-0.2, -0.15) is 0 Å². The number of aliphatic carboxylic acids is 1. The van der Waals surface area contributed by atoms with Crippen LogP contribution in [0, 0.1) is 11.8 Å². The fourth-order valence-electron chi connectivity index (χ4n) is 2.29. The van der Waals surface area contributed by atoms with Gasteiger partial charge in [0.2, 0.25) is 0 Å². The van der Waals surface area contributed by atoms with E-state index in [2.05, 4.69) is 0 Å². The fourth-order valence-corrected chi connectivity index (χ4v) is 2.29. The van der Waals surface area contributed by atoms with Crippen LogP contribution in [0.15, 0.2) is 54.1 Å². The first-order valence-corrected chi connectivity index (χ1v) is 6.45. The first kappa shape index (κ1) is 14.2. The van der Waals surface area contributed by atoms with E-state index >= 15 is 0 Å². The summed E-state index contributed by atoms with van der Waals surface area (Å²) < 4.78 is 0. The Hall–Kier alpha value is -2.20. The molecule has 0 heterocycles. The Labute approximate surface area is 117 Å². The molecule has 0 fully saturated rings. The Bertz CT molecular complexity index is 557. The van der Waals surface area contributed by atoms with Crippen LogP contribution in [0.3, 0.4) is 0 Å². The number of ketones is 1. The zero-order valence-electron chi connectivity index (χ0n) is 10.9. The van der Waals surface area contributed by atoms with Crippen molar-refractivity contribution in [3.05, 3.63) is 59.7 Å². The molecule has 104 valence electrons. The van der Waals surface area contributed by atoms with Crippen LogP contribution in [0.1, 0.15) is 16.8 Å². The zero-order valence-corrected chi connectivity index (χ0v) is 10.9. The molecular weight excluding hydrogens is 256 g/mol. The number of benzene rings is 1. The lowest BCUT2D eigenvalue weighted by atomic mass is 9.83. The Morgan fingerprint density at radius 3 is 2.55 bits per heavy atom. The quantitative estimate of drug-likeness (QED) is 0.805. The van der Waals surface area contributed by atoms with Crippen molar-refractivity contribution >= 4 is 11.8 Å². The number of carbonyl (C=O) groups is 2. The number of allylic oxidation sites excluding steroid dienone is 4. The molecule has 0 aliphatic heterocycles. The summed E-state index contributed by atoms with van der Waals surface area (Å²) in [4.78, 5) is 23.4. The van der Waals surface area contributed by atoms with Crippen LogP contribution >= 0.6 is 0 Å². The fraction of sp³-hybridized carbons (Fsp3) is 0.250. The zero-order chi connectivity index (χ0) is 14.5. The molecular formula is C16H16O4. The van der Waals surface area contributed by atoms with Crippen molar-refractivity contribution in [1.82, 2.24) is 0 Å². The molecule has 1 aliphatic carbocycles. The van der Waals surface area contributed by atoms with Crippen molar-refractivity contribution in [2.45, 2.75) is 6.42 Å². The summed E-state index contributed by atoms with van der Waals surface area (Å²) in [6, 6.07) is 8.84. The average Bonchev–Trinajstić information content (AvgIpc) is 2.48. The molecule has 2 atom stereocenters. The molecule has 2 rings (SSSR count). The van der Waals surface area contributed by atoms with E-state index in [4.69, 9.17) is 5.11 Å². The lowest BCUT2D eigenvalue weighted by Crippen LogP contribution is -2.27. The van der Waals surface area contributed by atoms with E-state index in [1.165, 1.54) is 0 Å². The third-order valence-corrected chi connectivity index (χ3v) is 3.43. The number of rotatable bonds is 5. The van der Waals surface area contributed by atoms with Gasteiger partial charge in [0.05, 0.1) is 12.5 Å². The van der Waals surface area contributed by atoms with Crippen molar-refractivity contribution in [1.29, 1.82) is 0 Å². The second-order valence-electron chi connectivity index (χ2n) is 4.75. The predicted molar refractivity (Wildman–Crippen MR) is 74.3 cm³/mol. The molecule has 4 heteroatoms. The molecule has 2 N–H and O–H groups in total. The summed E-state index contributed by atoms with van der Waals surface area (Å²) in [5.74, 6) is -2.41. The van der Waals surface area contributed by atoms with Gasteiger partial charge in [-0.25, -0.2) is 0 Å². The minimum atomic E-state index is -1.05. The maximum absolute atomic E-state index is 12.3. The van der Waals surface area contributed by atoms with Crippen LogP contribution in [0.2, 0.25) is 0 Å². The highest BCUT2D eigenvalue weighted by atomic mass is 16.4. The van der Waals surface area contributed by atoms with Gasteiger partial charge in [-0.15, -0.1) is 0 Å². The Kier molecular flexibility index (Phi) is 4.48. The molecule has 20 heavy (non-hydrogen) atoms. The van der Waals surface area contributed by atoms with Crippen LogP contribution < -0.4 is 0 Å². The molecule has 1 aliphatic rings. The Balaban J connectivity index is 2.23. The van der Waals surface area contributed by atoms with Crippen LogP contribution in [-0.4, -0.2) is 28.6 Å². The van der Waals surface area contributed by atoms with Gasteiger partial charge >= 0.3 is 5.97 Å². The van der Waals surface area contributed by atoms with Crippen molar-refractivity contribution in [2.75, 3.05) is 6.61 Å². The Morgan fingerprint density at radius 2 is 1.95 bits per heavy atom. The number of carboxylic acid groups (broad SMARTS) is 1. The first-order valence-electron chi connectivity index (χ1n) is 6.45. The standard InChI is InChI=1S/C16H16O4/c17-10-14(16(19)20)12-7-4-8-13(9-12)15(18)11-5-2-1-3-6-11/h1-6,8-9,12,14,17H,7,10H2,(H,19,20). The molecule has 0 spiro atoms. The van der Waals surface area contributed by atoms with Gasteiger partial charge in [-0.3, -0.25) is 9.59 Å². The number of carboxylic acids is 1. The van der Waals surface area contributed by atoms with E-state index in [0.29, 0.717) is 17.6 Å². The van der Waals surface area contributed by atoms with E-state index in [1.807, 2.05) is 6.07 Å². The maximum Gasteiger partial charge on any atom is 0.309 e. The van der Waals surface area contributed by atoms with Crippen molar-refractivity contribution < 1.29 is 19.8 Å². The third kappa shape index (κ3) is 3.03. The summed E-state index contributed by atoms with van der Waals surface area (Å²) in [5, 5.41) is 18.2. The topological polar surface area (TPSA) is 74.6 Å². The van der Waals surface area contributed by atoms with E-state index in [0.717, 1.165) is 0 Å². The minimum Gasteiger partial charge on any atom is -0.481 e. The Morgan fingerprint density at radius 1 is 1.25 bits per heavy atom. The van der Waals surface area contributed by atoms with E-state index in [-0.39, 0.29) is 11.7 Å². The summed E-state index contributed by atoms with van der Waals surface area (Å²) >= 11 is 0. The second kappa shape index (κ2) is 6.30. The number of hydrogen-bond acceptors (Lipinski definition) is 3. The SMILES string of the molecule is O=C(C1=CC(C(CO)C(=O)O)CC=C1)c1ccccc1. The molecule has 4 nitrogen and oxygen atoms in total. The highest BCUT2D eigenvalue weighted by molar-refractivity contribution is 6.10. The van der Waals surface area contributed by atoms with Gasteiger partial charge in [0.1, 0.15) is 0 Å². The lowest BCUT2D eigenvalue weighted by molar-refractivity contribution is -0.144. The normalized spacial score (nSPS) is 19.2. The monoisotopic (exact) mass is 272 g/mol. The molecule has 0 amide bonds. The molecule has 0 saturated carbocycles. The van der Waals surface area contributed by atoms with Gasteiger partial charge in [0, 0.05) is 11.1 Å². The van der Waals surface area contributed by atoms with Gasteiger partial charge in [-0.1, -0.05) is 48.6 Å². The average molecular weight is 272 g/mol. The molecule has 0 bridgehead atoms. The summed E-state index contributed by atoms with van der Waals surface area (Å²) in [6.07, 6.45) is 5.67. The highest BCUT2D eigenvalue weighted by Gasteiger charge is 2.27. The van der Waals surface area contributed by atoms with Crippen molar-refractivity contribution in [3.8, 4) is 0 Å². The van der Waals surface area contributed by atoms with Gasteiger partial charge in [0.15, 0.2) is 5.78 Å². The van der Waals surface area contributed by atoms with Gasteiger partial charge < -0.3 is 10.2 Å². The largest absolute Gasteiger partial charge is 0.481 e. The van der Waals surface area contributed by atoms with Crippen LogP contribution in [0.5, 0.6) is 0 Å². The number of carbonyl (C=O) groups excluding carboxylic acids is 1. The number of hydrogen-bond donors (Lipinski definition) is 2. The van der Waals surface area contributed by atoms with Crippen molar-refractivity contribution in [2.24, 2.45) is 11.8 Å². The number of aliphatic hydroxyl groups excluding tert-OH is 1. The third-order valence-electron chi connectivity index (χ3n) is 3.43. The van der Waals surface area contributed by atoms with Crippen LogP contribution in [0.4, 0.5) is 0 Å².